The Morgan fingerprint density at radius 1 is 1.23 bits per heavy atom. The first-order chi connectivity index (χ1) is 11.9. The summed E-state index contributed by atoms with van der Waals surface area (Å²) >= 11 is 0. The number of carbonyl (C=O) groups is 1. The quantitative estimate of drug-likeness (QED) is 0.802. The number of halogens is 4. The predicted molar refractivity (Wildman–Crippen MR) is 94.2 cm³/mol. The molecule has 2 saturated carbocycles. The Kier molecular flexibility index (Phi) is 6.80. The first-order valence-electron chi connectivity index (χ1n) is 8.74. The van der Waals surface area contributed by atoms with Gasteiger partial charge >= 0.3 is 6.36 Å². The Morgan fingerprint density at radius 2 is 1.92 bits per heavy atom. The van der Waals surface area contributed by atoms with Crippen molar-refractivity contribution in [1.29, 1.82) is 0 Å². The zero-order valence-electron chi connectivity index (χ0n) is 14.3. The summed E-state index contributed by atoms with van der Waals surface area (Å²) in [6, 6.07) is 6.13. The van der Waals surface area contributed by atoms with Gasteiger partial charge in [0, 0.05) is 12.0 Å². The third-order valence-electron chi connectivity index (χ3n) is 5.21. The van der Waals surface area contributed by atoms with E-state index in [4.69, 9.17) is 5.73 Å². The highest BCUT2D eigenvalue weighted by Gasteiger charge is 2.47. The fraction of sp³-hybridized carbons (Fsp3) is 0.611. The molecule has 1 aromatic carbocycles. The highest BCUT2D eigenvalue weighted by molar-refractivity contribution is 5.85. The van der Waals surface area contributed by atoms with Crippen LogP contribution in [0.2, 0.25) is 0 Å². The average Bonchev–Trinajstić information content (AvgIpc) is 3.35. The van der Waals surface area contributed by atoms with E-state index in [0.717, 1.165) is 25.7 Å². The number of nitrogens with two attached hydrogens (primary N) is 1. The molecule has 0 radical (unpaired) electrons. The van der Waals surface area contributed by atoms with Crippen LogP contribution in [0.5, 0.6) is 5.75 Å². The number of hydrogen-bond donors (Lipinski definition) is 2. The van der Waals surface area contributed by atoms with Crippen LogP contribution < -0.4 is 15.8 Å². The molecule has 0 heterocycles. The van der Waals surface area contributed by atoms with Crippen molar-refractivity contribution in [1.82, 2.24) is 5.32 Å². The second kappa shape index (κ2) is 8.48. The molecule has 1 amide bonds. The van der Waals surface area contributed by atoms with E-state index in [2.05, 4.69) is 10.1 Å². The molecular formula is C18H24ClF3N2O2. The zero-order chi connectivity index (χ0) is 18.0. The van der Waals surface area contributed by atoms with E-state index in [9.17, 15) is 18.0 Å². The number of carbonyl (C=O) groups excluding carboxylic acids is 1. The molecule has 3 N–H and O–H groups in total. The van der Waals surface area contributed by atoms with Crippen molar-refractivity contribution >= 4 is 18.3 Å². The Hall–Kier alpha value is -1.47. The predicted octanol–water partition coefficient (Wildman–Crippen LogP) is 3.74. The van der Waals surface area contributed by atoms with Gasteiger partial charge in [-0.3, -0.25) is 4.79 Å². The molecule has 8 heteroatoms. The monoisotopic (exact) mass is 392 g/mol. The number of benzene rings is 1. The van der Waals surface area contributed by atoms with Crippen LogP contribution in [-0.4, -0.2) is 24.9 Å². The molecule has 1 aromatic rings. The number of rotatable bonds is 5. The highest BCUT2D eigenvalue weighted by Crippen LogP contribution is 2.51. The number of hydrogen-bond acceptors (Lipinski definition) is 3. The molecular weight excluding hydrogens is 369 g/mol. The van der Waals surface area contributed by atoms with Gasteiger partial charge in [-0.15, -0.1) is 25.6 Å². The highest BCUT2D eigenvalue weighted by atomic mass is 35.5. The van der Waals surface area contributed by atoms with Crippen LogP contribution in [0.1, 0.15) is 43.6 Å². The summed E-state index contributed by atoms with van der Waals surface area (Å²) in [4.78, 5) is 12.5. The third-order valence-corrected chi connectivity index (χ3v) is 5.21. The van der Waals surface area contributed by atoms with E-state index < -0.39 is 6.36 Å². The van der Waals surface area contributed by atoms with Gasteiger partial charge in [-0.05, 0) is 49.3 Å². The number of ether oxygens (including phenoxy) is 1. The van der Waals surface area contributed by atoms with Crippen molar-refractivity contribution in [3.8, 4) is 5.75 Å². The minimum atomic E-state index is -4.74. The molecule has 4 atom stereocenters. The lowest BCUT2D eigenvalue weighted by molar-refractivity contribution is -0.274. The lowest BCUT2D eigenvalue weighted by Gasteiger charge is -2.31. The molecule has 0 spiro atoms. The van der Waals surface area contributed by atoms with Gasteiger partial charge in [0.25, 0.3) is 0 Å². The summed E-state index contributed by atoms with van der Waals surface area (Å²) in [5, 5.41) is 3.07. The van der Waals surface area contributed by atoms with Crippen molar-refractivity contribution in [2.45, 2.75) is 50.4 Å². The first-order valence-corrected chi connectivity index (χ1v) is 8.74. The van der Waals surface area contributed by atoms with Crippen molar-refractivity contribution in [2.75, 3.05) is 6.54 Å². The molecule has 4 nitrogen and oxygen atoms in total. The molecule has 2 fully saturated rings. The summed E-state index contributed by atoms with van der Waals surface area (Å²) in [6.45, 7) is 0.543. The van der Waals surface area contributed by atoms with Crippen LogP contribution in [0, 0.1) is 11.8 Å². The van der Waals surface area contributed by atoms with Gasteiger partial charge in [0.15, 0.2) is 0 Å². The molecule has 3 rings (SSSR count). The SMILES string of the molecule is Cl.NCC1CCCCC1NC(=O)C1CC1c1ccccc1OC(F)(F)F. The van der Waals surface area contributed by atoms with Crippen LogP contribution in [-0.2, 0) is 4.79 Å². The topological polar surface area (TPSA) is 64.3 Å². The average molecular weight is 393 g/mol. The van der Waals surface area contributed by atoms with Crippen molar-refractivity contribution in [3.05, 3.63) is 29.8 Å². The summed E-state index contributed by atoms with van der Waals surface area (Å²) in [6.07, 6.45) is -0.0694. The second-order valence-corrected chi connectivity index (χ2v) is 6.93. The fourth-order valence-corrected chi connectivity index (χ4v) is 3.80. The van der Waals surface area contributed by atoms with Crippen LogP contribution in [0.25, 0.3) is 0 Å². The number of alkyl halides is 3. The Morgan fingerprint density at radius 3 is 2.62 bits per heavy atom. The van der Waals surface area contributed by atoms with Crippen LogP contribution in [0.15, 0.2) is 24.3 Å². The largest absolute Gasteiger partial charge is 0.573 e. The van der Waals surface area contributed by atoms with Crippen LogP contribution in [0.4, 0.5) is 13.2 Å². The molecule has 0 aliphatic heterocycles. The van der Waals surface area contributed by atoms with Gasteiger partial charge < -0.3 is 15.8 Å². The smallest absolute Gasteiger partial charge is 0.405 e. The van der Waals surface area contributed by atoms with Crippen molar-refractivity contribution in [2.24, 2.45) is 17.6 Å². The zero-order valence-corrected chi connectivity index (χ0v) is 15.1. The molecule has 0 bridgehead atoms. The molecule has 2 aliphatic rings. The molecule has 0 aromatic heterocycles. The molecule has 146 valence electrons. The van der Waals surface area contributed by atoms with Gasteiger partial charge in [-0.1, -0.05) is 31.0 Å². The van der Waals surface area contributed by atoms with E-state index in [0.29, 0.717) is 18.5 Å². The maximum Gasteiger partial charge on any atom is 0.573 e. The van der Waals surface area contributed by atoms with E-state index in [1.807, 2.05) is 0 Å². The maximum absolute atomic E-state index is 12.5. The Balaban J connectivity index is 0.00000243. The lowest BCUT2D eigenvalue weighted by atomic mass is 9.84. The normalized spacial score (nSPS) is 28.0. The fourth-order valence-electron chi connectivity index (χ4n) is 3.80. The minimum Gasteiger partial charge on any atom is -0.405 e. The van der Waals surface area contributed by atoms with Gasteiger partial charge in [0.1, 0.15) is 5.75 Å². The standard InChI is InChI=1S/C18H23F3N2O2.ClH/c19-18(20,21)25-16-8-4-2-6-12(16)13-9-14(13)17(24)23-15-7-3-1-5-11(15)10-22;/h2,4,6,8,11,13-15H,1,3,5,7,9-10,22H2,(H,23,24);1H. The third kappa shape index (κ3) is 5.04. The Bertz CT molecular complexity index is 627. The number of amides is 1. The maximum atomic E-state index is 12.5. The van der Waals surface area contributed by atoms with E-state index in [1.54, 1.807) is 12.1 Å². The van der Waals surface area contributed by atoms with Gasteiger partial charge in [-0.2, -0.15) is 0 Å². The molecule has 0 saturated heterocycles. The number of para-hydroxylation sites is 1. The van der Waals surface area contributed by atoms with Gasteiger partial charge in [0.2, 0.25) is 5.91 Å². The lowest BCUT2D eigenvalue weighted by Crippen LogP contribution is -2.45. The Labute approximate surface area is 157 Å². The van der Waals surface area contributed by atoms with Gasteiger partial charge in [-0.25, -0.2) is 0 Å². The minimum absolute atomic E-state index is 0. The van der Waals surface area contributed by atoms with E-state index >= 15 is 0 Å². The second-order valence-electron chi connectivity index (χ2n) is 6.93. The molecule has 26 heavy (non-hydrogen) atoms. The first kappa shape index (κ1) is 20.8. The summed E-state index contributed by atoms with van der Waals surface area (Å²) in [5.74, 6) is -0.530. The van der Waals surface area contributed by atoms with E-state index in [-0.39, 0.29) is 47.9 Å². The van der Waals surface area contributed by atoms with E-state index in [1.165, 1.54) is 12.1 Å². The molecule has 4 unspecified atom stereocenters. The molecule has 2 aliphatic carbocycles. The van der Waals surface area contributed by atoms with Gasteiger partial charge in [0.05, 0.1) is 0 Å². The number of nitrogens with one attached hydrogen (secondary N) is 1. The van der Waals surface area contributed by atoms with Crippen LogP contribution in [0.3, 0.4) is 0 Å². The van der Waals surface area contributed by atoms with Crippen molar-refractivity contribution in [3.63, 3.8) is 0 Å². The summed E-state index contributed by atoms with van der Waals surface area (Å²) in [5.41, 5.74) is 6.23. The van der Waals surface area contributed by atoms with Crippen LogP contribution >= 0.6 is 12.4 Å². The summed E-state index contributed by atoms with van der Waals surface area (Å²) < 4.78 is 41.7. The summed E-state index contributed by atoms with van der Waals surface area (Å²) in [7, 11) is 0. The van der Waals surface area contributed by atoms with Crippen molar-refractivity contribution < 1.29 is 22.7 Å².